The average molecular weight is 275 g/mol. The Labute approximate surface area is 117 Å². The molecule has 0 radical (unpaired) electrons. The highest BCUT2D eigenvalue weighted by molar-refractivity contribution is 5.84. The summed E-state index contributed by atoms with van der Waals surface area (Å²) in [5, 5.41) is 12.1. The molecule has 5 nitrogen and oxygen atoms in total. The van der Waals surface area contributed by atoms with Crippen LogP contribution in [-0.2, 0) is 6.54 Å². The first kappa shape index (κ1) is 14.0. The summed E-state index contributed by atoms with van der Waals surface area (Å²) >= 11 is 0. The molecule has 5 heteroatoms. The Bertz CT molecular complexity index is 604. The van der Waals surface area contributed by atoms with Crippen molar-refractivity contribution < 1.29 is 19.1 Å². The molecule has 106 valence electrons. The van der Waals surface area contributed by atoms with E-state index in [1.54, 1.807) is 6.92 Å². The fourth-order valence-electron chi connectivity index (χ4n) is 1.89. The number of carboxylic acids is 1. The molecule has 0 bridgehead atoms. The third-order valence-corrected chi connectivity index (χ3v) is 2.89. The molecule has 0 aliphatic carbocycles. The van der Waals surface area contributed by atoms with Crippen LogP contribution in [0.25, 0.3) is 0 Å². The maximum atomic E-state index is 10.8. The van der Waals surface area contributed by atoms with Crippen molar-refractivity contribution >= 4 is 11.7 Å². The summed E-state index contributed by atoms with van der Waals surface area (Å²) in [6.45, 7) is 4.74. The largest absolute Gasteiger partial charge is 0.492 e. The molecule has 0 spiro atoms. The Morgan fingerprint density at radius 2 is 2.15 bits per heavy atom. The number of hydrogen-bond acceptors (Lipinski definition) is 4. The molecule has 0 unspecified atom stereocenters. The van der Waals surface area contributed by atoms with Crippen LogP contribution in [0.1, 0.15) is 28.8 Å². The third-order valence-electron chi connectivity index (χ3n) is 2.89. The van der Waals surface area contributed by atoms with Gasteiger partial charge in [0, 0.05) is 12.1 Å². The molecule has 1 aromatic heterocycles. The van der Waals surface area contributed by atoms with Crippen LogP contribution in [0.2, 0.25) is 0 Å². The van der Waals surface area contributed by atoms with Gasteiger partial charge < -0.3 is 19.6 Å². The normalized spacial score (nSPS) is 10.3. The zero-order valence-corrected chi connectivity index (χ0v) is 11.5. The molecule has 0 atom stereocenters. The van der Waals surface area contributed by atoms with Crippen molar-refractivity contribution in [1.82, 2.24) is 0 Å². The van der Waals surface area contributed by atoms with Gasteiger partial charge in [0.05, 0.1) is 12.3 Å². The highest BCUT2D eigenvalue weighted by atomic mass is 16.5. The van der Waals surface area contributed by atoms with E-state index in [1.807, 2.05) is 31.2 Å². The van der Waals surface area contributed by atoms with Gasteiger partial charge in [0.15, 0.2) is 0 Å². The van der Waals surface area contributed by atoms with Crippen LogP contribution in [0, 0.1) is 6.92 Å². The van der Waals surface area contributed by atoms with Crippen molar-refractivity contribution in [3.63, 3.8) is 0 Å². The van der Waals surface area contributed by atoms with E-state index in [0.29, 0.717) is 18.9 Å². The van der Waals surface area contributed by atoms with Gasteiger partial charge in [0.2, 0.25) is 5.76 Å². The first-order valence-corrected chi connectivity index (χ1v) is 6.40. The molecule has 1 aromatic carbocycles. The summed E-state index contributed by atoms with van der Waals surface area (Å²) in [6, 6.07) is 9.15. The fourth-order valence-corrected chi connectivity index (χ4v) is 1.89. The Hall–Kier alpha value is -2.43. The Balaban J connectivity index is 2.11. The first-order valence-electron chi connectivity index (χ1n) is 6.40. The summed E-state index contributed by atoms with van der Waals surface area (Å²) in [5.74, 6) is 0.268. The second kappa shape index (κ2) is 6.14. The van der Waals surface area contributed by atoms with Crippen molar-refractivity contribution in [3.05, 3.63) is 47.4 Å². The average Bonchev–Trinajstić information content (AvgIpc) is 2.80. The van der Waals surface area contributed by atoms with Gasteiger partial charge in [0.1, 0.15) is 11.5 Å². The number of carbonyl (C=O) groups is 1. The molecule has 2 aromatic rings. The number of aryl methyl sites for hydroxylation is 1. The lowest BCUT2D eigenvalue weighted by molar-refractivity contribution is 0.0661. The smallest absolute Gasteiger partial charge is 0.371 e. The van der Waals surface area contributed by atoms with Crippen LogP contribution >= 0.6 is 0 Å². The Kier molecular flexibility index (Phi) is 4.30. The predicted octanol–water partition coefficient (Wildman–Crippen LogP) is 3.30. The lowest BCUT2D eigenvalue weighted by Gasteiger charge is -2.11. The molecule has 0 aliphatic heterocycles. The minimum atomic E-state index is -1.06. The number of anilines is 1. The summed E-state index contributed by atoms with van der Waals surface area (Å²) in [4.78, 5) is 10.8. The van der Waals surface area contributed by atoms with E-state index >= 15 is 0 Å². The highest BCUT2D eigenvalue weighted by Crippen LogP contribution is 2.25. The van der Waals surface area contributed by atoms with E-state index in [1.165, 1.54) is 6.07 Å². The number of furan rings is 1. The van der Waals surface area contributed by atoms with E-state index in [-0.39, 0.29) is 5.76 Å². The molecule has 0 saturated heterocycles. The van der Waals surface area contributed by atoms with Crippen molar-refractivity contribution in [2.24, 2.45) is 0 Å². The van der Waals surface area contributed by atoms with Gasteiger partial charge in [0.25, 0.3) is 0 Å². The van der Waals surface area contributed by atoms with Crippen LogP contribution in [0.4, 0.5) is 5.69 Å². The zero-order valence-electron chi connectivity index (χ0n) is 11.5. The fraction of sp³-hybridized carbons (Fsp3) is 0.267. The summed E-state index contributed by atoms with van der Waals surface area (Å²) in [7, 11) is 0. The van der Waals surface area contributed by atoms with Gasteiger partial charge in [-0.3, -0.25) is 0 Å². The van der Waals surface area contributed by atoms with Crippen molar-refractivity contribution in [3.8, 4) is 5.75 Å². The number of hydrogen-bond donors (Lipinski definition) is 2. The van der Waals surface area contributed by atoms with Crippen LogP contribution < -0.4 is 10.1 Å². The number of nitrogens with one attached hydrogen (secondary N) is 1. The van der Waals surface area contributed by atoms with Crippen LogP contribution in [0.5, 0.6) is 5.75 Å². The van der Waals surface area contributed by atoms with Crippen LogP contribution in [-0.4, -0.2) is 17.7 Å². The molecule has 0 aliphatic rings. The van der Waals surface area contributed by atoms with E-state index in [4.69, 9.17) is 14.3 Å². The molecular formula is C15H17NO4. The Morgan fingerprint density at radius 3 is 2.80 bits per heavy atom. The predicted molar refractivity (Wildman–Crippen MR) is 75.3 cm³/mol. The minimum Gasteiger partial charge on any atom is -0.492 e. The summed E-state index contributed by atoms with van der Waals surface area (Å²) in [6.07, 6.45) is 0. The molecule has 20 heavy (non-hydrogen) atoms. The van der Waals surface area contributed by atoms with Crippen molar-refractivity contribution in [2.75, 3.05) is 11.9 Å². The van der Waals surface area contributed by atoms with Crippen molar-refractivity contribution in [2.45, 2.75) is 20.4 Å². The topological polar surface area (TPSA) is 71.7 Å². The van der Waals surface area contributed by atoms with Gasteiger partial charge in [-0.1, -0.05) is 12.1 Å². The number of rotatable bonds is 6. The quantitative estimate of drug-likeness (QED) is 0.846. The van der Waals surface area contributed by atoms with Crippen LogP contribution in [0.15, 0.2) is 34.7 Å². The Morgan fingerprint density at radius 1 is 1.40 bits per heavy atom. The highest BCUT2D eigenvalue weighted by Gasteiger charge is 2.13. The molecule has 2 N–H and O–H groups in total. The van der Waals surface area contributed by atoms with Gasteiger partial charge in [-0.25, -0.2) is 4.79 Å². The molecular weight excluding hydrogens is 258 g/mol. The second-order valence-electron chi connectivity index (χ2n) is 4.28. The maximum absolute atomic E-state index is 10.8. The van der Waals surface area contributed by atoms with Crippen LogP contribution in [0.3, 0.4) is 0 Å². The number of ether oxygens (including phenoxy) is 1. The van der Waals surface area contributed by atoms with Gasteiger partial charge in [-0.05, 0) is 32.0 Å². The lowest BCUT2D eigenvalue weighted by atomic mass is 10.2. The molecule has 0 fully saturated rings. The lowest BCUT2D eigenvalue weighted by Crippen LogP contribution is -2.02. The van der Waals surface area contributed by atoms with E-state index < -0.39 is 5.97 Å². The zero-order chi connectivity index (χ0) is 14.5. The monoisotopic (exact) mass is 275 g/mol. The van der Waals surface area contributed by atoms with E-state index in [9.17, 15) is 4.79 Å². The molecule has 1 heterocycles. The van der Waals surface area contributed by atoms with Gasteiger partial charge in [-0.15, -0.1) is 0 Å². The van der Waals surface area contributed by atoms with Gasteiger partial charge in [-0.2, -0.15) is 0 Å². The van der Waals surface area contributed by atoms with E-state index in [0.717, 1.165) is 17.0 Å². The molecule has 2 rings (SSSR count). The van der Waals surface area contributed by atoms with E-state index in [2.05, 4.69) is 5.32 Å². The number of para-hydroxylation sites is 2. The SMILES string of the molecule is CCOc1ccccc1NCc1cc(C(=O)O)oc1C. The minimum absolute atomic E-state index is 0.0441. The molecule has 0 amide bonds. The second-order valence-corrected chi connectivity index (χ2v) is 4.28. The number of benzene rings is 1. The number of aromatic carboxylic acids is 1. The maximum Gasteiger partial charge on any atom is 0.371 e. The standard InChI is InChI=1S/C15H17NO4/c1-3-19-13-7-5-4-6-12(13)16-9-11-8-14(15(17)18)20-10(11)2/h4-8,16H,3,9H2,1-2H3,(H,17,18). The van der Waals surface area contributed by atoms with Gasteiger partial charge >= 0.3 is 5.97 Å². The summed E-state index contributed by atoms with van der Waals surface area (Å²) < 4.78 is 10.7. The summed E-state index contributed by atoms with van der Waals surface area (Å²) in [5.41, 5.74) is 1.68. The van der Waals surface area contributed by atoms with Crippen molar-refractivity contribution in [1.29, 1.82) is 0 Å². The first-order chi connectivity index (χ1) is 9.61. The third kappa shape index (κ3) is 3.12. The molecule has 0 saturated carbocycles. The number of carboxylic acid groups (broad SMARTS) is 1.